The van der Waals surface area contributed by atoms with Crippen LogP contribution in [-0.4, -0.2) is 10.5 Å². The van der Waals surface area contributed by atoms with E-state index in [0.29, 0.717) is 5.75 Å². The summed E-state index contributed by atoms with van der Waals surface area (Å²) in [5.74, 6) is 2.92. The summed E-state index contributed by atoms with van der Waals surface area (Å²) in [6.07, 6.45) is 5.29. The van der Waals surface area contributed by atoms with E-state index in [9.17, 15) is 10.1 Å². The van der Waals surface area contributed by atoms with E-state index >= 15 is 0 Å². The van der Waals surface area contributed by atoms with Gasteiger partial charge in [-0.25, -0.2) is 0 Å². The second kappa shape index (κ2) is 4.23. The van der Waals surface area contributed by atoms with Crippen LogP contribution < -0.4 is 4.74 Å². The molecule has 4 heteroatoms. The molecule has 0 aliphatic rings. The minimum absolute atomic E-state index is 0.00609. The summed E-state index contributed by atoms with van der Waals surface area (Å²) in [5.41, 5.74) is 0.0299. The average Bonchev–Trinajstić information content (AvgIpc) is 2.21. The lowest BCUT2D eigenvalue weighted by Gasteiger charge is -2.21. The lowest BCUT2D eigenvalue weighted by molar-refractivity contribution is -0.385. The smallest absolute Gasteiger partial charge is 0.273 e. The molecule has 0 aromatic heterocycles. The summed E-state index contributed by atoms with van der Waals surface area (Å²) in [7, 11) is 0. The van der Waals surface area contributed by atoms with E-state index < -0.39 is 10.5 Å². The Morgan fingerprint density at radius 1 is 1.50 bits per heavy atom. The van der Waals surface area contributed by atoms with Crippen LogP contribution in [0, 0.1) is 29.4 Å². The van der Waals surface area contributed by atoms with E-state index in [1.165, 1.54) is 12.1 Å². The van der Waals surface area contributed by atoms with Crippen molar-refractivity contribution in [2.75, 3.05) is 0 Å². The van der Waals surface area contributed by atoms with Gasteiger partial charge in [0.05, 0.1) is 11.0 Å². The number of benzene rings is 1. The van der Waals surface area contributed by atoms with Crippen molar-refractivity contribution in [3.63, 3.8) is 0 Å². The number of ether oxygens (including phenoxy) is 1. The number of rotatable bonds is 3. The Bertz CT molecular complexity index is 458. The van der Waals surface area contributed by atoms with Gasteiger partial charge >= 0.3 is 0 Å². The molecule has 4 nitrogen and oxygen atoms in total. The van der Waals surface area contributed by atoms with Crippen LogP contribution in [0.1, 0.15) is 19.4 Å². The van der Waals surface area contributed by atoms with E-state index in [-0.39, 0.29) is 5.69 Å². The minimum atomic E-state index is -0.778. The SMILES string of the molecule is C#CC(C)(C)Oc1cc([N+](=O)[O-])ccc1C. The minimum Gasteiger partial charge on any atom is -0.475 e. The number of aryl methyl sites for hydroxylation is 1. The molecule has 0 spiro atoms. The third-order valence-corrected chi connectivity index (χ3v) is 2.10. The van der Waals surface area contributed by atoms with Crippen molar-refractivity contribution in [1.82, 2.24) is 0 Å². The Balaban J connectivity index is 3.09. The first-order chi connectivity index (χ1) is 7.35. The maximum atomic E-state index is 10.6. The van der Waals surface area contributed by atoms with Crippen LogP contribution in [0.15, 0.2) is 18.2 Å². The van der Waals surface area contributed by atoms with Crippen LogP contribution in [0.2, 0.25) is 0 Å². The zero-order valence-corrected chi connectivity index (χ0v) is 9.48. The molecule has 0 aliphatic carbocycles. The zero-order valence-electron chi connectivity index (χ0n) is 9.48. The van der Waals surface area contributed by atoms with Gasteiger partial charge in [-0.05, 0) is 32.4 Å². The molecule has 0 unspecified atom stereocenters. The molecule has 0 N–H and O–H groups in total. The molecule has 0 radical (unpaired) electrons. The highest BCUT2D eigenvalue weighted by atomic mass is 16.6. The normalized spacial score (nSPS) is 10.6. The molecule has 84 valence electrons. The van der Waals surface area contributed by atoms with Gasteiger partial charge in [0.2, 0.25) is 0 Å². The number of hydrogen-bond acceptors (Lipinski definition) is 3. The Labute approximate surface area is 94.4 Å². The first kappa shape index (κ1) is 12.1. The molecular formula is C12H13NO3. The van der Waals surface area contributed by atoms with Crippen molar-refractivity contribution in [3.05, 3.63) is 33.9 Å². The van der Waals surface area contributed by atoms with Gasteiger partial charge in [0.1, 0.15) is 5.75 Å². The fraction of sp³-hybridized carbons (Fsp3) is 0.333. The number of terminal acetylenes is 1. The highest BCUT2D eigenvalue weighted by Crippen LogP contribution is 2.27. The van der Waals surface area contributed by atoms with Crippen molar-refractivity contribution in [1.29, 1.82) is 0 Å². The van der Waals surface area contributed by atoms with Gasteiger partial charge in [0, 0.05) is 6.07 Å². The van der Waals surface area contributed by atoms with Crippen LogP contribution in [0.3, 0.4) is 0 Å². The van der Waals surface area contributed by atoms with Gasteiger partial charge in [-0.15, -0.1) is 6.42 Å². The molecule has 0 fully saturated rings. The van der Waals surface area contributed by atoms with Gasteiger partial charge in [0.25, 0.3) is 5.69 Å². The Kier molecular flexibility index (Phi) is 3.19. The van der Waals surface area contributed by atoms with Gasteiger partial charge in [-0.1, -0.05) is 5.92 Å². The summed E-state index contributed by atoms with van der Waals surface area (Å²) in [4.78, 5) is 10.1. The largest absolute Gasteiger partial charge is 0.475 e. The Hall–Kier alpha value is -2.02. The molecule has 1 rings (SSSR count). The second-order valence-electron chi connectivity index (χ2n) is 3.96. The van der Waals surface area contributed by atoms with E-state index in [0.717, 1.165) is 5.56 Å². The Morgan fingerprint density at radius 3 is 2.62 bits per heavy atom. The fourth-order valence-electron chi connectivity index (χ4n) is 1.12. The van der Waals surface area contributed by atoms with Crippen LogP contribution in [0.5, 0.6) is 5.75 Å². The molecule has 1 aromatic rings. The summed E-state index contributed by atoms with van der Waals surface area (Å²) >= 11 is 0. The van der Waals surface area contributed by atoms with E-state index in [2.05, 4.69) is 5.92 Å². The first-order valence-corrected chi connectivity index (χ1v) is 4.77. The molecule has 1 aromatic carbocycles. The third kappa shape index (κ3) is 2.74. The number of nitrogens with zero attached hydrogens (tertiary/aromatic N) is 1. The fourth-order valence-corrected chi connectivity index (χ4v) is 1.12. The first-order valence-electron chi connectivity index (χ1n) is 4.77. The van der Waals surface area contributed by atoms with E-state index in [1.807, 2.05) is 6.92 Å². The van der Waals surface area contributed by atoms with Crippen LogP contribution in [0.4, 0.5) is 5.69 Å². The predicted molar refractivity (Wildman–Crippen MR) is 61.4 cm³/mol. The van der Waals surface area contributed by atoms with Crippen molar-refractivity contribution >= 4 is 5.69 Å². The maximum Gasteiger partial charge on any atom is 0.273 e. The van der Waals surface area contributed by atoms with E-state index in [4.69, 9.17) is 11.2 Å². The molecule has 0 bridgehead atoms. The van der Waals surface area contributed by atoms with Crippen molar-refractivity contribution < 1.29 is 9.66 Å². The zero-order chi connectivity index (χ0) is 12.3. The molecule has 0 atom stereocenters. The highest BCUT2D eigenvalue weighted by molar-refractivity contribution is 5.44. The summed E-state index contributed by atoms with van der Waals surface area (Å²) in [6, 6.07) is 4.46. The highest BCUT2D eigenvalue weighted by Gasteiger charge is 2.18. The number of nitro benzene ring substituents is 1. The molecule has 0 saturated heterocycles. The van der Waals surface area contributed by atoms with Crippen molar-refractivity contribution in [2.24, 2.45) is 0 Å². The van der Waals surface area contributed by atoms with E-state index in [1.54, 1.807) is 19.9 Å². The topological polar surface area (TPSA) is 52.4 Å². The average molecular weight is 219 g/mol. The molecular weight excluding hydrogens is 206 g/mol. The van der Waals surface area contributed by atoms with Gasteiger partial charge in [-0.2, -0.15) is 0 Å². The second-order valence-corrected chi connectivity index (χ2v) is 3.96. The van der Waals surface area contributed by atoms with Gasteiger partial charge in [0.15, 0.2) is 5.60 Å². The lowest BCUT2D eigenvalue weighted by Crippen LogP contribution is -2.25. The number of nitro groups is 1. The number of hydrogen-bond donors (Lipinski definition) is 0. The van der Waals surface area contributed by atoms with Gasteiger partial charge in [-0.3, -0.25) is 10.1 Å². The standard InChI is InChI=1S/C12H13NO3/c1-5-12(3,4)16-11-8-10(13(14)15)7-6-9(11)2/h1,6-8H,2-4H3. The molecule has 16 heavy (non-hydrogen) atoms. The lowest BCUT2D eigenvalue weighted by atomic mass is 10.1. The van der Waals surface area contributed by atoms with Gasteiger partial charge < -0.3 is 4.74 Å². The molecule has 0 aliphatic heterocycles. The summed E-state index contributed by atoms with van der Waals surface area (Å²) in [6.45, 7) is 5.27. The Morgan fingerprint density at radius 2 is 2.12 bits per heavy atom. The maximum absolute atomic E-state index is 10.6. The van der Waals surface area contributed by atoms with Crippen LogP contribution >= 0.6 is 0 Å². The third-order valence-electron chi connectivity index (χ3n) is 2.10. The van der Waals surface area contributed by atoms with Crippen molar-refractivity contribution in [3.8, 4) is 18.1 Å². The molecule has 0 saturated carbocycles. The molecule has 0 amide bonds. The predicted octanol–water partition coefficient (Wildman–Crippen LogP) is 2.69. The summed E-state index contributed by atoms with van der Waals surface area (Å²) in [5, 5.41) is 10.6. The summed E-state index contributed by atoms with van der Waals surface area (Å²) < 4.78 is 5.53. The monoisotopic (exact) mass is 219 g/mol. The quantitative estimate of drug-likeness (QED) is 0.446. The van der Waals surface area contributed by atoms with Crippen LogP contribution in [0.25, 0.3) is 0 Å². The van der Waals surface area contributed by atoms with Crippen molar-refractivity contribution in [2.45, 2.75) is 26.4 Å². The number of non-ortho nitro benzene ring substituents is 1. The van der Waals surface area contributed by atoms with Crippen LogP contribution in [-0.2, 0) is 0 Å². The molecule has 0 heterocycles.